The smallest absolute Gasteiger partial charge is 0.146 e. The third-order valence-electron chi connectivity index (χ3n) is 4.63. The molecule has 1 N–H and O–H groups in total. The van der Waals surface area contributed by atoms with E-state index in [1.165, 1.54) is 25.7 Å². The Balaban J connectivity index is 1.78. The summed E-state index contributed by atoms with van der Waals surface area (Å²) in [5.41, 5.74) is 1.68. The molecule has 2 rings (SSSR count). The number of hydrogen-bond acceptors (Lipinski definition) is 3. The van der Waals surface area contributed by atoms with Gasteiger partial charge in [-0.2, -0.15) is 0 Å². The molecule has 0 bridgehead atoms. The summed E-state index contributed by atoms with van der Waals surface area (Å²) < 4.78 is 19.1. The number of benzene rings is 1. The monoisotopic (exact) mass is 308 g/mol. The maximum atomic E-state index is 14.0. The summed E-state index contributed by atoms with van der Waals surface area (Å²) >= 11 is 0. The highest BCUT2D eigenvalue weighted by atomic mass is 19.1. The average molecular weight is 308 g/mol. The van der Waals surface area contributed by atoms with Gasteiger partial charge in [-0.25, -0.2) is 4.39 Å². The van der Waals surface area contributed by atoms with Crippen molar-refractivity contribution in [2.24, 2.45) is 5.92 Å². The summed E-state index contributed by atoms with van der Waals surface area (Å²) in [6.07, 6.45) is 4.84. The highest BCUT2D eigenvalue weighted by molar-refractivity contribution is 5.48. The Morgan fingerprint density at radius 2 is 2.00 bits per heavy atom. The predicted octanol–water partition coefficient (Wildman–Crippen LogP) is 3.37. The van der Waals surface area contributed by atoms with E-state index in [0.29, 0.717) is 17.6 Å². The summed E-state index contributed by atoms with van der Waals surface area (Å²) in [5, 5.41) is 3.54. The van der Waals surface area contributed by atoms with Gasteiger partial charge in [0.15, 0.2) is 0 Å². The number of nitrogens with one attached hydrogen (secondary N) is 1. The normalized spacial score (nSPS) is 21.8. The first-order valence-corrected chi connectivity index (χ1v) is 8.29. The molecular weight excluding hydrogens is 279 g/mol. The summed E-state index contributed by atoms with van der Waals surface area (Å²) in [5.74, 6) is 0.545. The van der Waals surface area contributed by atoms with Gasteiger partial charge in [0, 0.05) is 33.3 Å². The van der Waals surface area contributed by atoms with Gasteiger partial charge in [-0.05, 0) is 56.2 Å². The van der Waals surface area contributed by atoms with Crippen LogP contribution in [0.25, 0.3) is 0 Å². The zero-order chi connectivity index (χ0) is 15.9. The number of nitrogens with zero attached hydrogens (tertiary/aromatic N) is 1. The van der Waals surface area contributed by atoms with Crippen LogP contribution in [-0.4, -0.2) is 39.9 Å². The molecule has 0 spiro atoms. The molecule has 22 heavy (non-hydrogen) atoms. The molecular formula is C18H29FN2O. The van der Waals surface area contributed by atoms with Gasteiger partial charge in [-0.1, -0.05) is 6.07 Å². The molecule has 124 valence electrons. The molecule has 0 amide bonds. The van der Waals surface area contributed by atoms with Gasteiger partial charge >= 0.3 is 0 Å². The molecule has 1 aliphatic rings. The van der Waals surface area contributed by atoms with E-state index in [4.69, 9.17) is 4.74 Å². The van der Waals surface area contributed by atoms with Crippen molar-refractivity contribution in [1.29, 1.82) is 0 Å². The van der Waals surface area contributed by atoms with E-state index in [0.717, 1.165) is 25.3 Å². The first-order chi connectivity index (χ1) is 10.6. The second kappa shape index (κ2) is 8.49. The first-order valence-electron chi connectivity index (χ1n) is 8.29. The van der Waals surface area contributed by atoms with E-state index in [9.17, 15) is 4.39 Å². The number of methoxy groups -OCH3 is 1. The van der Waals surface area contributed by atoms with Crippen LogP contribution in [0.4, 0.5) is 10.1 Å². The third-order valence-corrected chi connectivity index (χ3v) is 4.63. The zero-order valence-corrected chi connectivity index (χ0v) is 14.1. The van der Waals surface area contributed by atoms with Crippen LogP contribution in [0.1, 0.15) is 31.2 Å². The van der Waals surface area contributed by atoms with Crippen LogP contribution in [0.15, 0.2) is 18.2 Å². The average Bonchev–Trinajstić information content (AvgIpc) is 2.49. The molecule has 3 nitrogen and oxygen atoms in total. The molecule has 1 aromatic carbocycles. The van der Waals surface area contributed by atoms with Crippen molar-refractivity contribution < 1.29 is 9.13 Å². The molecule has 0 aromatic heterocycles. The summed E-state index contributed by atoms with van der Waals surface area (Å²) in [6, 6.07) is 6.10. The second-order valence-electron chi connectivity index (χ2n) is 6.50. The number of rotatable bonds is 7. The van der Waals surface area contributed by atoms with Crippen LogP contribution in [0.5, 0.6) is 0 Å². The SMILES string of the molecule is COCCNC1CCC(CN(C)c2ccc(C)cc2F)CC1. The van der Waals surface area contributed by atoms with Crippen molar-refractivity contribution in [2.75, 3.05) is 38.8 Å². The molecule has 0 heterocycles. The van der Waals surface area contributed by atoms with Crippen LogP contribution in [0.3, 0.4) is 0 Å². The van der Waals surface area contributed by atoms with Crippen LogP contribution in [0, 0.1) is 18.7 Å². The van der Waals surface area contributed by atoms with E-state index < -0.39 is 0 Å². The van der Waals surface area contributed by atoms with Gasteiger partial charge in [0.1, 0.15) is 5.82 Å². The van der Waals surface area contributed by atoms with Gasteiger partial charge in [0.2, 0.25) is 0 Å². The standard InChI is InChI=1S/C18H29FN2O/c1-14-4-9-18(17(19)12-14)21(2)13-15-5-7-16(8-6-15)20-10-11-22-3/h4,9,12,15-16,20H,5-8,10-11,13H2,1-3H3. The topological polar surface area (TPSA) is 24.5 Å². The third kappa shape index (κ3) is 4.96. The van der Waals surface area contributed by atoms with Crippen molar-refractivity contribution in [3.8, 4) is 0 Å². The van der Waals surface area contributed by atoms with Crippen LogP contribution >= 0.6 is 0 Å². The maximum absolute atomic E-state index is 14.0. The number of ether oxygens (including phenoxy) is 1. The second-order valence-corrected chi connectivity index (χ2v) is 6.50. The van der Waals surface area contributed by atoms with E-state index in [-0.39, 0.29) is 5.82 Å². The molecule has 1 aliphatic carbocycles. The highest BCUT2D eigenvalue weighted by Crippen LogP contribution is 2.27. The van der Waals surface area contributed by atoms with Gasteiger partial charge in [-0.3, -0.25) is 0 Å². The Bertz CT molecular complexity index is 458. The first kappa shape index (κ1) is 17.2. The number of anilines is 1. The van der Waals surface area contributed by atoms with Crippen molar-refractivity contribution in [3.63, 3.8) is 0 Å². The lowest BCUT2D eigenvalue weighted by Crippen LogP contribution is -2.37. The lowest BCUT2D eigenvalue weighted by molar-refractivity contribution is 0.189. The fourth-order valence-corrected chi connectivity index (χ4v) is 3.32. The Morgan fingerprint density at radius 3 is 2.64 bits per heavy atom. The fraction of sp³-hybridized carbons (Fsp3) is 0.667. The molecule has 1 fully saturated rings. The van der Waals surface area contributed by atoms with E-state index >= 15 is 0 Å². The van der Waals surface area contributed by atoms with E-state index in [1.807, 2.05) is 26.1 Å². The molecule has 4 heteroatoms. The molecule has 1 aromatic rings. The molecule has 0 radical (unpaired) electrons. The quantitative estimate of drug-likeness (QED) is 0.782. The summed E-state index contributed by atoms with van der Waals surface area (Å²) in [6.45, 7) is 4.56. The Kier molecular flexibility index (Phi) is 6.65. The Hall–Kier alpha value is -1.13. The van der Waals surface area contributed by atoms with Crippen LogP contribution < -0.4 is 10.2 Å². The van der Waals surface area contributed by atoms with Crippen LogP contribution in [-0.2, 0) is 4.74 Å². The summed E-state index contributed by atoms with van der Waals surface area (Å²) in [4.78, 5) is 2.07. The Labute approximate surface area is 133 Å². The lowest BCUT2D eigenvalue weighted by Gasteiger charge is -2.32. The lowest BCUT2D eigenvalue weighted by atomic mass is 9.85. The van der Waals surface area contributed by atoms with E-state index in [2.05, 4.69) is 10.2 Å². The minimum absolute atomic E-state index is 0.114. The predicted molar refractivity (Wildman–Crippen MR) is 90.0 cm³/mol. The largest absolute Gasteiger partial charge is 0.383 e. The van der Waals surface area contributed by atoms with Crippen molar-refractivity contribution in [2.45, 2.75) is 38.6 Å². The number of aryl methyl sites for hydroxylation is 1. The minimum atomic E-state index is -0.114. The van der Waals surface area contributed by atoms with Crippen LogP contribution in [0.2, 0.25) is 0 Å². The van der Waals surface area contributed by atoms with Crippen molar-refractivity contribution >= 4 is 5.69 Å². The number of halogens is 1. The fourth-order valence-electron chi connectivity index (χ4n) is 3.32. The molecule has 1 saturated carbocycles. The number of hydrogen-bond donors (Lipinski definition) is 1. The molecule has 0 aliphatic heterocycles. The minimum Gasteiger partial charge on any atom is -0.383 e. The maximum Gasteiger partial charge on any atom is 0.146 e. The Morgan fingerprint density at radius 1 is 1.27 bits per heavy atom. The molecule has 0 unspecified atom stereocenters. The highest BCUT2D eigenvalue weighted by Gasteiger charge is 2.22. The van der Waals surface area contributed by atoms with Gasteiger partial charge in [0.25, 0.3) is 0 Å². The molecule has 0 atom stereocenters. The van der Waals surface area contributed by atoms with Crippen molar-refractivity contribution in [1.82, 2.24) is 5.32 Å². The van der Waals surface area contributed by atoms with Gasteiger partial charge in [-0.15, -0.1) is 0 Å². The van der Waals surface area contributed by atoms with Gasteiger partial charge < -0.3 is 15.0 Å². The van der Waals surface area contributed by atoms with Gasteiger partial charge in [0.05, 0.1) is 12.3 Å². The van der Waals surface area contributed by atoms with Crippen molar-refractivity contribution in [3.05, 3.63) is 29.6 Å². The zero-order valence-electron chi connectivity index (χ0n) is 14.1. The molecule has 0 saturated heterocycles. The summed E-state index contributed by atoms with van der Waals surface area (Å²) in [7, 11) is 3.73. The van der Waals surface area contributed by atoms with E-state index in [1.54, 1.807) is 13.2 Å².